The highest BCUT2D eigenvalue weighted by molar-refractivity contribution is 5.91. The molecule has 0 aromatic heterocycles. The Morgan fingerprint density at radius 1 is 0.966 bits per heavy atom. The molecule has 0 aliphatic heterocycles. The second kappa shape index (κ2) is 8.66. The first-order valence-corrected chi connectivity index (χ1v) is 8.53. The molecule has 3 aromatic carbocycles. The van der Waals surface area contributed by atoms with Gasteiger partial charge in [-0.1, -0.05) is 42.5 Å². The van der Waals surface area contributed by atoms with Gasteiger partial charge in [0.2, 0.25) is 0 Å². The van der Waals surface area contributed by atoms with Crippen molar-refractivity contribution in [3.8, 4) is 11.1 Å². The fourth-order valence-electron chi connectivity index (χ4n) is 2.63. The van der Waals surface area contributed by atoms with Crippen LogP contribution in [0, 0.1) is 10.1 Å². The number of carbonyl (C=O) groups excluding carboxylic acids is 1. The largest absolute Gasteiger partial charge is 0.478 e. The molecule has 3 rings (SSSR count). The molecule has 8 heteroatoms. The van der Waals surface area contributed by atoms with Gasteiger partial charge in [0.1, 0.15) is 6.61 Å². The van der Waals surface area contributed by atoms with Crippen molar-refractivity contribution in [3.05, 3.63) is 94.0 Å². The minimum absolute atomic E-state index is 0.135. The van der Waals surface area contributed by atoms with Crippen molar-refractivity contribution in [1.82, 2.24) is 0 Å². The number of nitro benzene ring substituents is 1. The van der Waals surface area contributed by atoms with Crippen LogP contribution in [0.2, 0.25) is 0 Å². The summed E-state index contributed by atoms with van der Waals surface area (Å²) in [6.45, 7) is 0.135. The Morgan fingerprint density at radius 2 is 1.66 bits per heavy atom. The van der Waals surface area contributed by atoms with Crippen LogP contribution in [0.3, 0.4) is 0 Å². The van der Waals surface area contributed by atoms with Crippen LogP contribution in [0.15, 0.2) is 72.8 Å². The molecule has 2 N–H and O–H groups in total. The number of hydrogen-bond donors (Lipinski definition) is 2. The molecule has 146 valence electrons. The van der Waals surface area contributed by atoms with E-state index >= 15 is 0 Å². The zero-order valence-electron chi connectivity index (χ0n) is 15.1. The van der Waals surface area contributed by atoms with Crippen LogP contribution in [-0.4, -0.2) is 22.1 Å². The molecule has 29 heavy (non-hydrogen) atoms. The van der Waals surface area contributed by atoms with E-state index in [1.54, 1.807) is 24.3 Å². The van der Waals surface area contributed by atoms with E-state index in [0.717, 1.165) is 11.6 Å². The van der Waals surface area contributed by atoms with Gasteiger partial charge in [-0.15, -0.1) is 0 Å². The summed E-state index contributed by atoms with van der Waals surface area (Å²) < 4.78 is 5.14. The van der Waals surface area contributed by atoms with E-state index in [1.165, 1.54) is 12.1 Å². The number of ether oxygens (including phenoxy) is 1. The Labute approximate surface area is 165 Å². The van der Waals surface area contributed by atoms with E-state index in [9.17, 15) is 19.7 Å². The third kappa shape index (κ3) is 5.16. The predicted octanol–water partition coefficient (Wildman–Crippen LogP) is 4.71. The van der Waals surface area contributed by atoms with Crippen molar-refractivity contribution in [1.29, 1.82) is 0 Å². The number of aromatic carboxylic acids is 1. The van der Waals surface area contributed by atoms with Gasteiger partial charge in [0.05, 0.1) is 10.5 Å². The van der Waals surface area contributed by atoms with Gasteiger partial charge in [0, 0.05) is 17.8 Å². The van der Waals surface area contributed by atoms with Gasteiger partial charge in [0.15, 0.2) is 0 Å². The number of nitrogens with zero attached hydrogens (tertiary/aromatic N) is 1. The minimum Gasteiger partial charge on any atom is -0.478 e. The number of carboxylic acid groups (broad SMARTS) is 1. The number of carbonyl (C=O) groups is 2. The third-order valence-corrected chi connectivity index (χ3v) is 4.05. The molecule has 0 atom stereocenters. The summed E-state index contributed by atoms with van der Waals surface area (Å²) in [6.07, 6.45) is -0.620. The first-order chi connectivity index (χ1) is 13.9. The lowest BCUT2D eigenvalue weighted by Crippen LogP contribution is -2.13. The Morgan fingerprint density at radius 3 is 2.28 bits per heavy atom. The highest BCUT2D eigenvalue weighted by atomic mass is 16.6. The number of nitrogens with one attached hydrogen (secondary N) is 1. The summed E-state index contributed by atoms with van der Waals surface area (Å²) in [5.41, 5.74) is 1.79. The fourth-order valence-corrected chi connectivity index (χ4v) is 2.63. The third-order valence-electron chi connectivity index (χ3n) is 4.05. The van der Waals surface area contributed by atoms with E-state index in [1.807, 2.05) is 30.3 Å². The second-order valence-electron chi connectivity index (χ2n) is 6.09. The van der Waals surface area contributed by atoms with Crippen LogP contribution in [0.5, 0.6) is 0 Å². The molecular formula is C21H16N2O6. The number of amides is 1. The summed E-state index contributed by atoms with van der Waals surface area (Å²) in [6, 6.07) is 19.3. The molecular weight excluding hydrogens is 376 g/mol. The van der Waals surface area contributed by atoms with E-state index in [0.29, 0.717) is 16.8 Å². The van der Waals surface area contributed by atoms with Crippen LogP contribution < -0.4 is 5.32 Å². The van der Waals surface area contributed by atoms with Crippen molar-refractivity contribution in [2.45, 2.75) is 6.61 Å². The van der Waals surface area contributed by atoms with Gasteiger partial charge in [-0.05, 0) is 34.9 Å². The number of rotatable bonds is 6. The average Bonchev–Trinajstić information content (AvgIpc) is 2.73. The number of non-ortho nitro benzene ring substituents is 1. The lowest BCUT2D eigenvalue weighted by atomic mass is 10.0. The summed E-state index contributed by atoms with van der Waals surface area (Å²) in [4.78, 5) is 33.5. The van der Waals surface area contributed by atoms with Gasteiger partial charge in [0.25, 0.3) is 5.69 Å². The average molecular weight is 392 g/mol. The van der Waals surface area contributed by atoms with Crippen molar-refractivity contribution in [2.24, 2.45) is 0 Å². The Bertz CT molecular complexity index is 1020. The zero-order valence-corrected chi connectivity index (χ0v) is 15.1. The highest BCUT2D eigenvalue weighted by Gasteiger charge is 2.15. The number of carboxylic acids is 1. The number of benzene rings is 3. The summed E-state index contributed by atoms with van der Waals surface area (Å²) in [7, 11) is 0. The molecule has 8 nitrogen and oxygen atoms in total. The standard InChI is InChI=1S/C21H16N2O6/c24-20(25)17-10-16(11-19(12-17)23(27)28)15-6-8-18(9-7-15)22-21(26)29-13-14-4-2-1-3-5-14/h1-12H,13H2,(H,22,26)(H,24,25). The van der Waals surface area contributed by atoms with Crippen LogP contribution in [0.25, 0.3) is 11.1 Å². The molecule has 0 radical (unpaired) electrons. The van der Waals surface area contributed by atoms with Crippen molar-refractivity contribution in [3.63, 3.8) is 0 Å². The number of anilines is 1. The van der Waals surface area contributed by atoms with E-state index in [-0.39, 0.29) is 17.9 Å². The summed E-state index contributed by atoms with van der Waals surface area (Å²) in [5, 5.41) is 22.8. The van der Waals surface area contributed by atoms with Crippen molar-refractivity contribution >= 4 is 23.4 Å². The van der Waals surface area contributed by atoms with E-state index < -0.39 is 17.0 Å². The quantitative estimate of drug-likeness (QED) is 0.463. The van der Waals surface area contributed by atoms with Crippen molar-refractivity contribution < 1.29 is 24.4 Å². The minimum atomic E-state index is -1.26. The molecule has 3 aromatic rings. The van der Waals surface area contributed by atoms with E-state index in [4.69, 9.17) is 9.84 Å². The molecule has 0 unspecified atom stereocenters. The lowest BCUT2D eigenvalue weighted by Gasteiger charge is -2.08. The van der Waals surface area contributed by atoms with Crippen LogP contribution >= 0.6 is 0 Å². The topological polar surface area (TPSA) is 119 Å². The maximum absolute atomic E-state index is 11.9. The Kier molecular flexibility index (Phi) is 5.84. The molecule has 0 fully saturated rings. The van der Waals surface area contributed by atoms with Gasteiger partial charge in [-0.2, -0.15) is 0 Å². The monoisotopic (exact) mass is 392 g/mol. The molecule has 1 amide bonds. The lowest BCUT2D eigenvalue weighted by molar-refractivity contribution is -0.384. The Hall–Kier alpha value is -4.20. The molecule has 0 saturated heterocycles. The van der Waals surface area contributed by atoms with Crippen molar-refractivity contribution in [2.75, 3.05) is 5.32 Å². The molecule has 0 heterocycles. The first-order valence-electron chi connectivity index (χ1n) is 8.53. The molecule has 0 aliphatic rings. The molecule has 0 bridgehead atoms. The first kappa shape index (κ1) is 19.6. The maximum Gasteiger partial charge on any atom is 0.411 e. The van der Waals surface area contributed by atoms with Gasteiger partial charge >= 0.3 is 12.1 Å². The normalized spacial score (nSPS) is 10.2. The van der Waals surface area contributed by atoms with Gasteiger partial charge in [-0.25, -0.2) is 9.59 Å². The second-order valence-corrected chi connectivity index (χ2v) is 6.09. The molecule has 0 spiro atoms. The predicted molar refractivity (Wildman–Crippen MR) is 106 cm³/mol. The van der Waals surface area contributed by atoms with Gasteiger partial charge < -0.3 is 9.84 Å². The highest BCUT2D eigenvalue weighted by Crippen LogP contribution is 2.27. The maximum atomic E-state index is 11.9. The Balaban J connectivity index is 1.70. The molecule has 0 aliphatic carbocycles. The zero-order chi connectivity index (χ0) is 20.8. The summed E-state index contributed by atoms with van der Waals surface area (Å²) in [5.74, 6) is -1.26. The van der Waals surface area contributed by atoms with Gasteiger partial charge in [-0.3, -0.25) is 15.4 Å². The van der Waals surface area contributed by atoms with Crippen LogP contribution in [-0.2, 0) is 11.3 Å². The number of hydrogen-bond acceptors (Lipinski definition) is 5. The smallest absolute Gasteiger partial charge is 0.411 e. The fraction of sp³-hybridized carbons (Fsp3) is 0.0476. The summed E-state index contributed by atoms with van der Waals surface area (Å²) >= 11 is 0. The SMILES string of the molecule is O=C(Nc1ccc(-c2cc(C(=O)O)cc([N+](=O)[O-])c2)cc1)OCc1ccccc1. The van der Waals surface area contributed by atoms with E-state index in [2.05, 4.69) is 5.32 Å². The van der Waals surface area contributed by atoms with Crippen LogP contribution in [0.1, 0.15) is 15.9 Å². The van der Waals surface area contributed by atoms with Crippen LogP contribution in [0.4, 0.5) is 16.2 Å². The number of nitro groups is 1. The molecule has 0 saturated carbocycles.